The Bertz CT molecular complexity index is 824. The van der Waals surface area contributed by atoms with Crippen LogP contribution >= 0.6 is 0 Å². The van der Waals surface area contributed by atoms with E-state index in [0.717, 1.165) is 35.4 Å². The average molecular weight is 325 g/mol. The summed E-state index contributed by atoms with van der Waals surface area (Å²) >= 11 is 0. The number of ether oxygens (including phenoxy) is 1. The summed E-state index contributed by atoms with van der Waals surface area (Å²) in [7, 11) is 0. The van der Waals surface area contributed by atoms with Crippen molar-refractivity contribution in [1.82, 2.24) is 20.2 Å². The molecule has 1 N–H and O–H groups in total. The van der Waals surface area contributed by atoms with Gasteiger partial charge >= 0.3 is 0 Å². The van der Waals surface area contributed by atoms with Gasteiger partial charge in [0.25, 0.3) is 0 Å². The van der Waals surface area contributed by atoms with Crippen LogP contribution in [0.3, 0.4) is 0 Å². The fraction of sp³-hybridized carbons (Fsp3) is 0.412. The van der Waals surface area contributed by atoms with Crippen LogP contribution in [0.2, 0.25) is 0 Å². The minimum Gasteiger partial charge on any atom is -0.491 e. The Morgan fingerprint density at radius 1 is 1.33 bits per heavy atom. The van der Waals surface area contributed by atoms with Crippen molar-refractivity contribution in [2.45, 2.75) is 45.3 Å². The third-order valence-electron chi connectivity index (χ3n) is 4.28. The van der Waals surface area contributed by atoms with Gasteiger partial charge in [-0.3, -0.25) is 4.79 Å². The molecule has 0 bridgehead atoms. The van der Waals surface area contributed by atoms with Crippen molar-refractivity contribution in [3.63, 3.8) is 0 Å². The zero-order valence-electron chi connectivity index (χ0n) is 13.7. The lowest BCUT2D eigenvalue weighted by Crippen LogP contribution is -2.31. The molecule has 0 radical (unpaired) electrons. The Hall–Kier alpha value is -2.70. The van der Waals surface area contributed by atoms with Gasteiger partial charge in [0.2, 0.25) is 5.95 Å². The number of benzene rings is 1. The molecule has 4 rings (SSSR count). The first kappa shape index (κ1) is 14.9. The van der Waals surface area contributed by atoms with E-state index in [1.165, 1.54) is 0 Å². The minimum atomic E-state index is -0.310. The van der Waals surface area contributed by atoms with Crippen LogP contribution in [-0.2, 0) is 4.79 Å². The fourth-order valence-electron chi connectivity index (χ4n) is 3.36. The number of ketones is 1. The number of hydrogen-bond donors (Lipinski definition) is 1. The molecule has 0 saturated carbocycles. The lowest BCUT2D eigenvalue weighted by atomic mass is 9.85. The number of nitrogens with zero attached hydrogens (tertiary/aromatic N) is 4. The molecule has 7 heteroatoms. The van der Waals surface area contributed by atoms with Crippen LogP contribution in [-0.4, -0.2) is 32.1 Å². The first-order valence-corrected chi connectivity index (χ1v) is 8.21. The monoisotopic (exact) mass is 325 g/mol. The molecule has 1 aliphatic carbocycles. The van der Waals surface area contributed by atoms with Crippen molar-refractivity contribution >= 4 is 11.7 Å². The van der Waals surface area contributed by atoms with E-state index in [1.54, 1.807) is 4.68 Å². The highest BCUT2D eigenvalue weighted by molar-refractivity contribution is 5.99. The van der Waals surface area contributed by atoms with Gasteiger partial charge in [0.05, 0.1) is 6.10 Å². The highest BCUT2D eigenvalue weighted by Crippen LogP contribution is 2.39. The summed E-state index contributed by atoms with van der Waals surface area (Å²) in [5, 5.41) is 15.1. The quantitative estimate of drug-likeness (QED) is 0.933. The van der Waals surface area contributed by atoms with Crippen molar-refractivity contribution in [1.29, 1.82) is 0 Å². The van der Waals surface area contributed by atoms with E-state index in [1.807, 2.05) is 38.1 Å². The van der Waals surface area contributed by atoms with E-state index >= 15 is 0 Å². The van der Waals surface area contributed by atoms with E-state index in [9.17, 15) is 4.79 Å². The largest absolute Gasteiger partial charge is 0.491 e. The molecular formula is C17H19N5O2. The molecule has 1 aromatic carbocycles. The second kappa shape index (κ2) is 5.74. The molecular weight excluding hydrogens is 306 g/mol. The molecule has 0 amide bonds. The molecule has 1 atom stereocenters. The fourth-order valence-corrected chi connectivity index (χ4v) is 3.36. The Kier molecular flexibility index (Phi) is 3.55. The molecule has 2 aromatic rings. The number of tetrazole rings is 1. The number of fused-ring (bicyclic) bond motifs is 1. The van der Waals surface area contributed by atoms with Crippen LogP contribution in [0.5, 0.6) is 5.75 Å². The summed E-state index contributed by atoms with van der Waals surface area (Å²) in [6.45, 7) is 3.98. The van der Waals surface area contributed by atoms with E-state index in [4.69, 9.17) is 4.74 Å². The van der Waals surface area contributed by atoms with Gasteiger partial charge in [0, 0.05) is 17.7 Å². The van der Waals surface area contributed by atoms with Crippen LogP contribution in [0.25, 0.3) is 0 Å². The van der Waals surface area contributed by atoms with Gasteiger partial charge in [-0.1, -0.05) is 17.2 Å². The lowest BCUT2D eigenvalue weighted by Gasteiger charge is -2.31. The zero-order chi connectivity index (χ0) is 16.7. The van der Waals surface area contributed by atoms with Gasteiger partial charge in [-0.15, -0.1) is 0 Å². The van der Waals surface area contributed by atoms with Gasteiger partial charge in [-0.05, 0) is 54.8 Å². The third-order valence-corrected chi connectivity index (χ3v) is 4.28. The van der Waals surface area contributed by atoms with Crippen LogP contribution in [0, 0.1) is 0 Å². The van der Waals surface area contributed by atoms with Gasteiger partial charge in [-0.2, -0.15) is 4.68 Å². The molecule has 1 unspecified atom stereocenters. The number of hydrogen-bond acceptors (Lipinski definition) is 6. The van der Waals surface area contributed by atoms with Crippen molar-refractivity contribution in [2.75, 3.05) is 5.32 Å². The molecule has 2 aliphatic rings. The maximum absolute atomic E-state index is 12.6. The molecule has 1 aliphatic heterocycles. The van der Waals surface area contributed by atoms with Gasteiger partial charge in [0.1, 0.15) is 11.8 Å². The zero-order valence-corrected chi connectivity index (χ0v) is 13.7. The molecule has 0 saturated heterocycles. The standard InChI is InChI=1S/C17H19N5O2/c1-10(2)24-12-6-3-5-11(9-12)16-15-13(7-4-8-14(15)23)18-17-19-20-21-22(16)17/h3,5-6,9-10,16H,4,7-8H2,1-2H3,(H,18,19,21). The Morgan fingerprint density at radius 2 is 2.21 bits per heavy atom. The number of anilines is 1. The first-order valence-electron chi connectivity index (χ1n) is 8.21. The predicted molar refractivity (Wildman–Crippen MR) is 87.7 cm³/mol. The van der Waals surface area contributed by atoms with Gasteiger partial charge in [-0.25, -0.2) is 0 Å². The third kappa shape index (κ3) is 2.46. The number of Topliss-reactive ketones (excluding diaryl/α,β-unsaturated/α-hetero) is 1. The number of aromatic nitrogens is 4. The predicted octanol–water partition coefficient (Wildman–Crippen LogP) is 2.48. The summed E-state index contributed by atoms with van der Waals surface area (Å²) in [6, 6.07) is 7.50. The Balaban J connectivity index is 1.83. The Labute approximate surface area is 139 Å². The maximum atomic E-state index is 12.6. The summed E-state index contributed by atoms with van der Waals surface area (Å²) in [4.78, 5) is 12.6. The van der Waals surface area contributed by atoms with Crippen molar-refractivity contribution < 1.29 is 9.53 Å². The van der Waals surface area contributed by atoms with Crippen molar-refractivity contribution in [3.8, 4) is 5.75 Å². The molecule has 24 heavy (non-hydrogen) atoms. The lowest BCUT2D eigenvalue weighted by molar-refractivity contribution is -0.116. The summed E-state index contributed by atoms with van der Waals surface area (Å²) in [6.07, 6.45) is 2.35. The summed E-state index contributed by atoms with van der Waals surface area (Å²) in [5.74, 6) is 1.51. The normalized spacial score (nSPS) is 19.8. The molecule has 0 fully saturated rings. The summed E-state index contributed by atoms with van der Waals surface area (Å²) in [5.41, 5.74) is 2.66. The topological polar surface area (TPSA) is 81.9 Å². The van der Waals surface area contributed by atoms with Crippen molar-refractivity contribution in [3.05, 3.63) is 41.1 Å². The van der Waals surface area contributed by atoms with Crippen LogP contribution in [0.1, 0.15) is 44.7 Å². The number of carbonyl (C=O) groups excluding carboxylic acids is 1. The Morgan fingerprint density at radius 3 is 3.04 bits per heavy atom. The first-order chi connectivity index (χ1) is 11.6. The van der Waals surface area contributed by atoms with E-state index in [2.05, 4.69) is 20.8 Å². The average Bonchev–Trinajstić information content (AvgIpc) is 3.00. The molecule has 1 aromatic heterocycles. The molecule has 2 heterocycles. The smallest absolute Gasteiger partial charge is 0.248 e. The van der Waals surface area contributed by atoms with E-state index < -0.39 is 0 Å². The maximum Gasteiger partial charge on any atom is 0.248 e. The number of allylic oxidation sites excluding steroid dienone is 2. The summed E-state index contributed by atoms with van der Waals surface area (Å²) < 4.78 is 7.48. The van der Waals surface area contributed by atoms with Crippen LogP contribution < -0.4 is 10.1 Å². The minimum absolute atomic E-state index is 0.0861. The second-order valence-corrected chi connectivity index (χ2v) is 6.38. The van der Waals surface area contributed by atoms with Crippen LogP contribution in [0.4, 0.5) is 5.95 Å². The van der Waals surface area contributed by atoms with E-state index in [-0.39, 0.29) is 17.9 Å². The second-order valence-electron chi connectivity index (χ2n) is 6.38. The van der Waals surface area contributed by atoms with Gasteiger partial charge in [0.15, 0.2) is 5.78 Å². The van der Waals surface area contributed by atoms with Gasteiger partial charge < -0.3 is 10.1 Å². The highest BCUT2D eigenvalue weighted by Gasteiger charge is 2.36. The van der Waals surface area contributed by atoms with Crippen molar-refractivity contribution in [2.24, 2.45) is 0 Å². The highest BCUT2D eigenvalue weighted by atomic mass is 16.5. The number of nitrogens with one attached hydrogen (secondary N) is 1. The number of carbonyl (C=O) groups is 1. The molecule has 0 spiro atoms. The van der Waals surface area contributed by atoms with E-state index in [0.29, 0.717) is 12.4 Å². The molecule has 124 valence electrons. The molecule has 7 nitrogen and oxygen atoms in total. The SMILES string of the molecule is CC(C)Oc1cccc(C2C3=C(CCCC3=O)Nc3nnnn32)c1. The number of rotatable bonds is 3. The van der Waals surface area contributed by atoms with Crippen LogP contribution in [0.15, 0.2) is 35.5 Å².